The minimum absolute atomic E-state index is 0.00641. The Bertz CT molecular complexity index is 631. The first kappa shape index (κ1) is 19.1. The molecule has 0 aliphatic carbocycles. The van der Waals surface area contributed by atoms with Crippen molar-refractivity contribution in [3.05, 3.63) is 23.3 Å². The minimum Gasteiger partial charge on any atom is -0.493 e. The van der Waals surface area contributed by atoms with Gasteiger partial charge in [0.05, 0.1) is 27.3 Å². The monoisotopic (exact) mass is 349 g/mol. The summed E-state index contributed by atoms with van der Waals surface area (Å²) in [7, 11) is 3.24. The second-order valence-electron chi connectivity index (χ2n) is 6.44. The lowest BCUT2D eigenvalue weighted by Gasteiger charge is -2.29. The number of hydrogen-bond acceptors (Lipinski definition) is 5. The molecule has 1 aromatic carbocycles. The lowest BCUT2D eigenvalue weighted by atomic mass is 9.99. The molecule has 0 fully saturated rings. The summed E-state index contributed by atoms with van der Waals surface area (Å²) in [5, 5.41) is 5.41. The largest absolute Gasteiger partial charge is 0.493 e. The molecule has 0 atom stereocenters. The van der Waals surface area contributed by atoms with Crippen LogP contribution >= 0.6 is 0 Å². The van der Waals surface area contributed by atoms with Gasteiger partial charge in [-0.05, 0) is 43.5 Å². The molecule has 2 N–H and O–H groups in total. The topological polar surface area (TPSA) is 79.9 Å². The maximum Gasteiger partial charge on any atom is 0.239 e. The Labute approximate surface area is 148 Å². The number of amides is 2. The summed E-state index contributed by atoms with van der Waals surface area (Å²) in [5.41, 5.74) is 2.35. The molecule has 0 unspecified atom stereocenters. The average molecular weight is 349 g/mol. The Morgan fingerprint density at radius 2 is 1.76 bits per heavy atom. The molecule has 7 nitrogen and oxygen atoms in total. The molecule has 0 bridgehead atoms. The number of ether oxygens (including phenoxy) is 2. The van der Waals surface area contributed by atoms with E-state index in [-0.39, 0.29) is 30.9 Å². The van der Waals surface area contributed by atoms with Crippen LogP contribution in [-0.4, -0.2) is 56.6 Å². The summed E-state index contributed by atoms with van der Waals surface area (Å²) in [6.07, 6.45) is 0.844. The average Bonchev–Trinajstić information content (AvgIpc) is 2.58. The number of hydrogen-bond donors (Lipinski definition) is 2. The van der Waals surface area contributed by atoms with Crippen LogP contribution in [0.25, 0.3) is 0 Å². The first-order chi connectivity index (χ1) is 11.9. The van der Waals surface area contributed by atoms with E-state index in [1.54, 1.807) is 14.2 Å². The summed E-state index contributed by atoms with van der Waals surface area (Å²) in [4.78, 5) is 25.7. The fraction of sp³-hybridized carbons (Fsp3) is 0.556. The predicted octanol–water partition coefficient (Wildman–Crippen LogP) is 0.703. The number of rotatable bonds is 7. The van der Waals surface area contributed by atoms with Gasteiger partial charge in [-0.2, -0.15) is 0 Å². The number of carbonyl (C=O) groups is 2. The molecule has 1 aromatic rings. The summed E-state index contributed by atoms with van der Waals surface area (Å²) < 4.78 is 10.7. The second-order valence-corrected chi connectivity index (χ2v) is 6.44. The van der Waals surface area contributed by atoms with Gasteiger partial charge in [0.15, 0.2) is 11.5 Å². The number of nitrogens with zero attached hydrogens (tertiary/aromatic N) is 1. The van der Waals surface area contributed by atoms with Crippen molar-refractivity contribution < 1.29 is 19.1 Å². The highest BCUT2D eigenvalue weighted by Crippen LogP contribution is 2.33. The highest BCUT2D eigenvalue weighted by Gasteiger charge is 2.21. The quantitative estimate of drug-likeness (QED) is 0.758. The molecule has 0 saturated heterocycles. The van der Waals surface area contributed by atoms with Gasteiger partial charge >= 0.3 is 0 Å². The predicted molar refractivity (Wildman–Crippen MR) is 94.8 cm³/mol. The van der Waals surface area contributed by atoms with Crippen molar-refractivity contribution in [2.45, 2.75) is 32.9 Å². The van der Waals surface area contributed by atoms with Gasteiger partial charge in [-0.25, -0.2) is 0 Å². The molecule has 1 heterocycles. The Kier molecular flexibility index (Phi) is 6.64. The Hall–Kier alpha value is -2.28. The zero-order valence-electron chi connectivity index (χ0n) is 15.3. The van der Waals surface area contributed by atoms with E-state index in [1.165, 1.54) is 5.56 Å². The lowest BCUT2D eigenvalue weighted by molar-refractivity contribution is -0.127. The van der Waals surface area contributed by atoms with Crippen molar-refractivity contribution in [2.24, 2.45) is 0 Å². The Balaban J connectivity index is 1.90. The van der Waals surface area contributed by atoms with Crippen LogP contribution in [0.15, 0.2) is 12.1 Å². The minimum atomic E-state index is -0.177. The van der Waals surface area contributed by atoms with Crippen molar-refractivity contribution in [1.29, 1.82) is 0 Å². The van der Waals surface area contributed by atoms with E-state index in [9.17, 15) is 9.59 Å². The van der Waals surface area contributed by atoms with Crippen LogP contribution in [0.3, 0.4) is 0 Å². The van der Waals surface area contributed by atoms with Crippen molar-refractivity contribution >= 4 is 11.8 Å². The van der Waals surface area contributed by atoms with Gasteiger partial charge in [-0.1, -0.05) is 0 Å². The summed E-state index contributed by atoms with van der Waals surface area (Å²) in [6, 6.07) is 4.03. The second kappa shape index (κ2) is 8.71. The summed E-state index contributed by atoms with van der Waals surface area (Å²) in [6.45, 7) is 5.49. The van der Waals surface area contributed by atoms with Crippen LogP contribution in [0.4, 0.5) is 0 Å². The highest BCUT2D eigenvalue weighted by atomic mass is 16.5. The van der Waals surface area contributed by atoms with Crippen LogP contribution in [0.1, 0.15) is 25.0 Å². The van der Waals surface area contributed by atoms with Crippen LogP contribution in [0.5, 0.6) is 11.5 Å². The number of nitrogens with one attached hydrogen (secondary N) is 2. The molecule has 25 heavy (non-hydrogen) atoms. The first-order valence-corrected chi connectivity index (χ1v) is 8.45. The zero-order valence-corrected chi connectivity index (χ0v) is 15.3. The van der Waals surface area contributed by atoms with E-state index < -0.39 is 0 Å². The molecule has 1 aliphatic heterocycles. The van der Waals surface area contributed by atoms with Crippen molar-refractivity contribution in [3.8, 4) is 11.5 Å². The maximum atomic E-state index is 12.1. The maximum absolute atomic E-state index is 12.1. The summed E-state index contributed by atoms with van der Waals surface area (Å²) >= 11 is 0. The van der Waals surface area contributed by atoms with Gasteiger partial charge in [-0.15, -0.1) is 0 Å². The number of fused-ring (bicyclic) bond motifs is 1. The molecule has 138 valence electrons. The van der Waals surface area contributed by atoms with E-state index >= 15 is 0 Å². The van der Waals surface area contributed by atoms with E-state index in [2.05, 4.69) is 15.5 Å². The molecule has 1 aliphatic rings. The van der Waals surface area contributed by atoms with Crippen LogP contribution in [0, 0.1) is 0 Å². The standard InChI is InChI=1S/C18H27N3O4/c1-12(2)20-17(22)9-19-18(23)11-21-6-5-13-7-15(24-3)16(25-4)8-14(13)10-21/h7-8,12H,5-6,9-11H2,1-4H3,(H,19,23)(H,20,22). The van der Waals surface area contributed by atoms with Gasteiger partial charge in [0.25, 0.3) is 0 Å². The molecule has 2 amide bonds. The van der Waals surface area contributed by atoms with Crippen LogP contribution in [-0.2, 0) is 22.6 Å². The lowest BCUT2D eigenvalue weighted by Crippen LogP contribution is -2.44. The van der Waals surface area contributed by atoms with Crippen molar-refractivity contribution in [2.75, 3.05) is 33.9 Å². The first-order valence-electron chi connectivity index (χ1n) is 8.45. The van der Waals surface area contributed by atoms with E-state index in [4.69, 9.17) is 9.47 Å². The molecule has 0 saturated carbocycles. The highest BCUT2D eigenvalue weighted by molar-refractivity contribution is 5.85. The Morgan fingerprint density at radius 3 is 2.36 bits per heavy atom. The normalized spacial score (nSPS) is 14.0. The van der Waals surface area contributed by atoms with Crippen LogP contribution in [0.2, 0.25) is 0 Å². The van der Waals surface area contributed by atoms with Crippen molar-refractivity contribution in [1.82, 2.24) is 15.5 Å². The number of methoxy groups -OCH3 is 2. The third-order valence-corrected chi connectivity index (χ3v) is 4.06. The van der Waals surface area contributed by atoms with Gasteiger partial charge in [0.1, 0.15) is 0 Å². The van der Waals surface area contributed by atoms with E-state index in [1.807, 2.05) is 26.0 Å². The smallest absolute Gasteiger partial charge is 0.239 e. The van der Waals surface area contributed by atoms with E-state index in [0.29, 0.717) is 12.3 Å². The third kappa shape index (κ3) is 5.35. The van der Waals surface area contributed by atoms with Crippen LogP contribution < -0.4 is 20.1 Å². The molecular formula is C18H27N3O4. The Morgan fingerprint density at radius 1 is 1.12 bits per heavy atom. The molecule has 0 aromatic heterocycles. The van der Waals surface area contributed by atoms with Gasteiger partial charge in [-0.3, -0.25) is 14.5 Å². The SMILES string of the molecule is COc1cc2c(cc1OC)CN(CC(=O)NCC(=O)NC(C)C)CC2. The molecular weight excluding hydrogens is 322 g/mol. The fourth-order valence-electron chi connectivity index (χ4n) is 2.89. The van der Waals surface area contributed by atoms with E-state index in [0.717, 1.165) is 24.3 Å². The zero-order chi connectivity index (χ0) is 18.4. The fourth-order valence-corrected chi connectivity index (χ4v) is 2.89. The number of benzene rings is 1. The molecule has 0 spiro atoms. The van der Waals surface area contributed by atoms with Crippen molar-refractivity contribution in [3.63, 3.8) is 0 Å². The third-order valence-electron chi connectivity index (χ3n) is 4.06. The van der Waals surface area contributed by atoms with Gasteiger partial charge in [0.2, 0.25) is 11.8 Å². The molecule has 0 radical (unpaired) electrons. The molecule has 2 rings (SSSR count). The van der Waals surface area contributed by atoms with Gasteiger partial charge < -0.3 is 20.1 Å². The van der Waals surface area contributed by atoms with Gasteiger partial charge in [0, 0.05) is 19.1 Å². The number of carbonyl (C=O) groups excluding carboxylic acids is 2. The molecule has 7 heteroatoms. The summed E-state index contributed by atoms with van der Waals surface area (Å²) in [5.74, 6) is 1.09.